The first-order valence-corrected chi connectivity index (χ1v) is 7.57. The topological polar surface area (TPSA) is 82.4 Å². The summed E-state index contributed by atoms with van der Waals surface area (Å²) in [5.41, 5.74) is 6.00. The van der Waals surface area contributed by atoms with E-state index in [-0.39, 0.29) is 11.5 Å². The molecule has 0 bridgehead atoms. The number of hydrogen-bond acceptors (Lipinski definition) is 4. The van der Waals surface area contributed by atoms with Crippen molar-refractivity contribution in [1.82, 2.24) is 14.8 Å². The quantitative estimate of drug-likeness (QED) is 0.815. The van der Waals surface area contributed by atoms with E-state index in [4.69, 9.17) is 5.73 Å². The summed E-state index contributed by atoms with van der Waals surface area (Å²) in [5, 5.41) is 0. The van der Waals surface area contributed by atoms with Gasteiger partial charge in [0.2, 0.25) is 5.56 Å². The first-order valence-electron chi connectivity index (χ1n) is 7.57. The number of nitrogens with two attached hydrogens (primary N) is 1. The first kappa shape index (κ1) is 15.7. The number of rotatable bonds is 5. The van der Waals surface area contributed by atoms with E-state index in [2.05, 4.69) is 16.8 Å². The predicted molar refractivity (Wildman–Crippen MR) is 82.3 cm³/mol. The van der Waals surface area contributed by atoms with Gasteiger partial charge in [-0.1, -0.05) is 6.92 Å². The van der Waals surface area contributed by atoms with E-state index in [9.17, 15) is 9.59 Å². The van der Waals surface area contributed by atoms with Crippen LogP contribution in [-0.2, 0) is 0 Å². The van der Waals surface area contributed by atoms with Gasteiger partial charge in [-0.15, -0.1) is 0 Å². The van der Waals surface area contributed by atoms with Crippen LogP contribution in [0.3, 0.4) is 0 Å². The van der Waals surface area contributed by atoms with Gasteiger partial charge in [0.15, 0.2) is 0 Å². The normalized spacial score (nSPS) is 17.7. The van der Waals surface area contributed by atoms with E-state index in [1.807, 2.05) is 4.90 Å². The van der Waals surface area contributed by atoms with Gasteiger partial charge in [0.1, 0.15) is 0 Å². The number of carbonyl (C=O) groups excluding carboxylic acids is 1. The van der Waals surface area contributed by atoms with Crippen LogP contribution in [0.5, 0.6) is 0 Å². The van der Waals surface area contributed by atoms with Gasteiger partial charge in [-0.3, -0.25) is 14.5 Å². The number of carbonyl (C=O) groups is 1. The Morgan fingerprint density at radius 3 is 2.57 bits per heavy atom. The third-order valence-electron chi connectivity index (χ3n) is 4.12. The molecular weight excluding hydrogens is 268 g/mol. The number of nitrogens with one attached hydrogen (secondary N) is 1. The van der Waals surface area contributed by atoms with Crippen LogP contribution in [-0.4, -0.2) is 59.5 Å². The number of pyridine rings is 1. The van der Waals surface area contributed by atoms with Gasteiger partial charge in [-0.25, -0.2) is 0 Å². The molecule has 0 aliphatic carbocycles. The fourth-order valence-electron chi connectivity index (χ4n) is 2.85. The summed E-state index contributed by atoms with van der Waals surface area (Å²) in [4.78, 5) is 30.2. The molecule has 1 fully saturated rings. The van der Waals surface area contributed by atoms with Gasteiger partial charge in [0.05, 0.1) is 5.56 Å². The molecule has 0 aromatic carbocycles. The van der Waals surface area contributed by atoms with Crippen LogP contribution in [0, 0.1) is 0 Å². The maximum atomic E-state index is 12.3. The summed E-state index contributed by atoms with van der Waals surface area (Å²) in [6.45, 7) is 6.09. The molecule has 3 N–H and O–H groups in total. The number of nitrogens with zero attached hydrogens (tertiary/aromatic N) is 2. The minimum atomic E-state index is -0.191. The van der Waals surface area contributed by atoms with Crippen molar-refractivity contribution in [3.8, 4) is 0 Å². The molecule has 1 aliphatic rings. The maximum Gasteiger partial charge on any atom is 0.255 e. The lowest BCUT2D eigenvalue weighted by Gasteiger charge is -2.39. The Labute approximate surface area is 124 Å². The zero-order valence-electron chi connectivity index (χ0n) is 12.5. The molecule has 1 aliphatic heterocycles. The second kappa shape index (κ2) is 7.38. The van der Waals surface area contributed by atoms with Crippen molar-refractivity contribution < 1.29 is 4.79 Å². The maximum absolute atomic E-state index is 12.3. The van der Waals surface area contributed by atoms with Crippen molar-refractivity contribution in [2.24, 2.45) is 5.73 Å². The summed E-state index contributed by atoms with van der Waals surface area (Å²) in [5.74, 6) is -0.0160. The van der Waals surface area contributed by atoms with Crippen molar-refractivity contribution in [3.63, 3.8) is 0 Å². The summed E-state index contributed by atoms with van der Waals surface area (Å²) in [7, 11) is 0. The zero-order valence-corrected chi connectivity index (χ0v) is 12.5. The van der Waals surface area contributed by atoms with E-state index in [1.54, 1.807) is 6.07 Å². The van der Waals surface area contributed by atoms with Gasteiger partial charge in [-0.05, 0) is 25.5 Å². The molecule has 21 heavy (non-hydrogen) atoms. The monoisotopic (exact) mass is 292 g/mol. The van der Waals surface area contributed by atoms with Crippen LogP contribution in [0.4, 0.5) is 0 Å². The zero-order chi connectivity index (χ0) is 15.2. The summed E-state index contributed by atoms with van der Waals surface area (Å²) in [6, 6.07) is 3.48. The summed E-state index contributed by atoms with van der Waals surface area (Å²) in [6.07, 6.45) is 3.58. The lowest BCUT2D eigenvalue weighted by Crippen LogP contribution is -2.52. The molecule has 1 unspecified atom stereocenters. The Balaban J connectivity index is 1.92. The van der Waals surface area contributed by atoms with Gasteiger partial charge in [0, 0.05) is 44.5 Å². The van der Waals surface area contributed by atoms with Crippen LogP contribution in [0.1, 0.15) is 30.1 Å². The highest BCUT2D eigenvalue weighted by Crippen LogP contribution is 2.13. The Bertz CT molecular complexity index is 500. The van der Waals surface area contributed by atoms with Gasteiger partial charge < -0.3 is 15.6 Å². The average Bonchev–Trinajstić information content (AvgIpc) is 2.53. The third-order valence-corrected chi connectivity index (χ3v) is 4.12. The van der Waals surface area contributed by atoms with Crippen molar-refractivity contribution >= 4 is 5.91 Å². The molecule has 0 saturated carbocycles. The Morgan fingerprint density at radius 1 is 1.33 bits per heavy atom. The standard InChI is InChI=1S/C15H24N4O2/c1-2-13(5-6-16)18-7-9-19(10-8-18)15(21)12-3-4-14(20)17-11-12/h3-4,11,13H,2,5-10,16H2,1H3,(H,17,20). The Hall–Kier alpha value is -1.66. The first-order chi connectivity index (χ1) is 10.2. The van der Waals surface area contributed by atoms with Crippen LogP contribution < -0.4 is 11.3 Å². The van der Waals surface area contributed by atoms with Crippen LogP contribution in [0.2, 0.25) is 0 Å². The molecule has 2 heterocycles. The highest BCUT2D eigenvalue weighted by molar-refractivity contribution is 5.93. The van der Waals surface area contributed by atoms with Crippen molar-refractivity contribution in [2.75, 3.05) is 32.7 Å². The van der Waals surface area contributed by atoms with Crippen molar-refractivity contribution in [3.05, 3.63) is 34.2 Å². The number of aromatic nitrogens is 1. The second-order valence-electron chi connectivity index (χ2n) is 5.41. The Kier molecular flexibility index (Phi) is 5.52. The van der Waals surface area contributed by atoms with Crippen molar-refractivity contribution in [2.45, 2.75) is 25.8 Å². The number of amides is 1. The fourth-order valence-corrected chi connectivity index (χ4v) is 2.85. The SMILES string of the molecule is CCC(CCN)N1CCN(C(=O)c2ccc(=O)[nH]c2)CC1. The number of hydrogen-bond donors (Lipinski definition) is 2. The number of piperazine rings is 1. The van der Waals surface area contributed by atoms with Gasteiger partial charge in [0.25, 0.3) is 5.91 Å². The van der Waals surface area contributed by atoms with E-state index in [0.717, 1.165) is 39.0 Å². The highest BCUT2D eigenvalue weighted by atomic mass is 16.2. The molecule has 0 radical (unpaired) electrons. The molecule has 1 atom stereocenters. The summed E-state index contributed by atoms with van der Waals surface area (Å²) < 4.78 is 0. The molecular formula is C15H24N4O2. The average molecular weight is 292 g/mol. The highest BCUT2D eigenvalue weighted by Gasteiger charge is 2.25. The van der Waals surface area contributed by atoms with E-state index < -0.39 is 0 Å². The molecule has 6 nitrogen and oxygen atoms in total. The minimum Gasteiger partial charge on any atom is -0.336 e. The number of H-pyrrole nitrogens is 1. The number of aromatic amines is 1. The van der Waals surface area contributed by atoms with Crippen LogP contribution in [0.15, 0.2) is 23.1 Å². The molecule has 6 heteroatoms. The molecule has 2 rings (SSSR count). The predicted octanol–water partition coefficient (Wildman–Crippen LogP) is 0.260. The molecule has 1 aromatic rings. The van der Waals surface area contributed by atoms with E-state index in [0.29, 0.717) is 18.2 Å². The summed E-state index contributed by atoms with van der Waals surface area (Å²) >= 11 is 0. The van der Waals surface area contributed by atoms with E-state index in [1.165, 1.54) is 12.3 Å². The molecule has 1 amide bonds. The lowest BCUT2D eigenvalue weighted by atomic mass is 10.1. The van der Waals surface area contributed by atoms with Gasteiger partial charge >= 0.3 is 0 Å². The lowest BCUT2D eigenvalue weighted by molar-refractivity contribution is 0.0556. The largest absolute Gasteiger partial charge is 0.336 e. The molecule has 1 aromatic heterocycles. The van der Waals surface area contributed by atoms with Gasteiger partial charge in [-0.2, -0.15) is 0 Å². The van der Waals surface area contributed by atoms with Crippen LogP contribution in [0.25, 0.3) is 0 Å². The minimum absolute atomic E-state index is 0.0160. The fraction of sp³-hybridized carbons (Fsp3) is 0.600. The molecule has 1 saturated heterocycles. The Morgan fingerprint density at radius 2 is 2.05 bits per heavy atom. The smallest absolute Gasteiger partial charge is 0.255 e. The molecule has 116 valence electrons. The second-order valence-corrected chi connectivity index (χ2v) is 5.41. The van der Waals surface area contributed by atoms with Crippen LogP contribution >= 0.6 is 0 Å². The van der Waals surface area contributed by atoms with Crippen molar-refractivity contribution in [1.29, 1.82) is 0 Å². The molecule has 0 spiro atoms. The third kappa shape index (κ3) is 3.92. The van der Waals surface area contributed by atoms with E-state index >= 15 is 0 Å².